The van der Waals surface area contributed by atoms with Gasteiger partial charge in [-0.2, -0.15) is 26.3 Å². The van der Waals surface area contributed by atoms with Crippen LogP contribution in [0.2, 0.25) is 15.1 Å². The first kappa shape index (κ1) is 29.5. The zero-order chi connectivity index (χ0) is 28.0. The van der Waals surface area contributed by atoms with E-state index in [9.17, 15) is 31.1 Å². The minimum atomic E-state index is -4.82. The van der Waals surface area contributed by atoms with Gasteiger partial charge in [0.25, 0.3) is 0 Å². The van der Waals surface area contributed by atoms with E-state index in [1.165, 1.54) is 11.0 Å². The average Bonchev–Trinajstić information content (AvgIpc) is 3.21. The van der Waals surface area contributed by atoms with Gasteiger partial charge in [-0.05, 0) is 62.6 Å². The summed E-state index contributed by atoms with van der Waals surface area (Å²) in [7, 11) is 0. The van der Waals surface area contributed by atoms with Crippen molar-refractivity contribution in [1.82, 2.24) is 5.32 Å². The van der Waals surface area contributed by atoms with Crippen LogP contribution in [0.4, 0.5) is 36.8 Å². The average molecular weight is 592 g/mol. The number of carbonyl (C=O) groups excluding carboxylic acids is 1. The van der Waals surface area contributed by atoms with Gasteiger partial charge in [0.05, 0.1) is 20.6 Å². The minimum absolute atomic E-state index is 0.0503. The van der Waals surface area contributed by atoms with Gasteiger partial charge in [0, 0.05) is 25.3 Å². The summed E-state index contributed by atoms with van der Waals surface area (Å²) in [6.07, 6.45) is -10.9. The van der Waals surface area contributed by atoms with Crippen molar-refractivity contribution in [1.29, 1.82) is 0 Å². The number of hydrogen-bond acceptors (Lipinski definition) is 3. The van der Waals surface area contributed by atoms with Crippen LogP contribution in [0, 0.1) is 0 Å². The molecule has 13 heteroatoms. The lowest BCUT2D eigenvalue weighted by molar-refractivity contribution is -0.184. The molecule has 1 saturated heterocycles. The fourth-order valence-electron chi connectivity index (χ4n) is 4.15. The molecular formula is C24H23Cl3F6N2O2. The van der Waals surface area contributed by atoms with E-state index in [4.69, 9.17) is 39.5 Å². The SMILES string of the molecule is CC(C)(C)OC(=O)NCc1ccc(N2CCC(c3cc(Cl)c(Cl)c(Cl)c3)(C(F)(F)F)C2)cc1C(F)(F)F. The Morgan fingerprint density at radius 2 is 1.62 bits per heavy atom. The number of amides is 1. The number of anilines is 1. The van der Waals surface area contributed by atoms with Crippen molar-refractivity contribution < 1.29 is 35.9 Å². The third-order valence-corrected chi connectivity index (χ3v) is 7.13. The molecule has 1 unspecified atom stereocenters. The monoisotopic (exact) mass is 590 g/mol. The smallest absolute Gasteiger partial charge is 0.416 e. The zero-order valence-electron chi connectivity index (χ0n) is 19.9. The zero-order valence-corrected chi connectivity index (χ0v) is 22.1. The first-order valence-corrected chi connectivity index (χ1v) is 12.1. The Morgan fingerprint density at radius 1 is 1.03 bits per heavy atom. The molecule has 1 heterocycles. The van der Waals surface area contributed by atoms with Gasteiger partial charge in [-0.1, -0.05) is 40.9 Å². The molecular weight excluding hydrogens is 569 g/mol. The van der Waals surface area contributed by atoms with Crippen LogP contribution in [-0.2, 0) is 22.9 Å². The highest BCUT2D eigenvalue weighted by atomic mass is 35.5. The van der Waals surface area contributed by atoms with Gasteiger partial charge in [0.1, 0.15) is 11.0 Å². The number of carbonyl (C=O) groups is 1. The number of halogens is 9. The maximum Gasteiger partial charge on any atom is 0.416 e. The van der Waals surface area contributed by atoms with Gasteiger partial charge < -0.3 is 15.0 Å². The van der Waals surface area contributed by atoms with Crippen molar-refractivity contribution in [2.45, 2.75) is 57.1 Å². The van der Waals surface area contributed by atoms with Crippen LogP contribution in [0.15, 0.2) is 30.3 Å². The second-order valence-corrected chi connectivity index (χ2v) is 10.9. The highest BCUT2D eigenvalue weighted by molar-refractivity contribution is 6.48. The van der Waals surface area contributed by atoms with Crippen LogP contribution in [0.3, 0.4) is 0 Å². The van der Waals surface area contributed by atoms with E-state index < -0.39 is 54.5 Å². The molecule has 1 N–H and O–H groups in total. The number of hydrogen-bond donors (Lipinski definition) is 1. The van der Waals surface area contributed by atoms with Crippen molar-refractivity contribution in [3.63, 3.8) is 0 Å². The number of benzene rings is 2. The highest BCUT2D eigenvalue weighted by Gasteiger charge is 2.59. The normalized spacial score (nSPS) is 18.8. The molecule has 1 atom stereocenters. The summed E-state index contributed by atoms with van der Waals surface area (Å²) in [4.78, 5) is 13.1. The van der Waals surface area contributed by atoms with Crippen LogP contribution in [0.25, 0.3) is 0 Å². The number of alkyl carbamates (subject to hydrolysis) is 1. The Bertz CT molecular complexity index is 1160. The first-order valence-electron chi connectivity index (χ1n) is 11.0. The fraction of sp³-hybridized carbons (Fsp3) is 0.458. The summed E-state index contributed by atoms with van der Waals surface area (Å²) in [5, 5.41) is 1.85. The van der Waals surface area contributed by atoms with Crippen molar-refractivity contribution >= 4 is 46.6 Å². The van der Waals surface area contributed by atoms with Gasteiger partial charge in [-0.25, -0.2) is 4.79 Å². The molecule has 0 radical (unpaired) electrons. The summed E-state index contributed by atoms with van der Waals surface area (Å²) in [6.45, 7) is 3.49. The molecule has 1 aliphatic rings. The standard InChI is InChI=1S/C24H23Cl3F6N2O2/c1-21(2,3)37-20(36)34-11-13-4-5-15(10-16(13)23(28,29)30)35-7-6-22(12-35,24(31,32)33)14-8-17(25)19(27)18(26)9-14/h4-5,8-10H,6-7,11-12H2,1-3H3,(H,34,36). The number of ether oxygens (including phenoxy) is 1. The Morgan fingerprint density at radius 3 is 2.14 bits per heavy atom. The topological polar surface area (TPSA) is 41.6 Å². The van der Waals surface area contributed by atoms with Gasteiger partial charge in [-0.3, -0.25) is 0 Å². The summed E-state index contributed by atoms with van der Waals surface area (Å²) in [5.74, 6) is 0. The van der Waals surface area contributed by atoms with Crippen LogP contribution >= 0.6 is 34.8 Å². The molecule has 2 aromatic rings. The quantitative estimate of drug-likeness (QED) is 0.287. The van der Waals surface area contributed by atoms with E-state index in [0.717, 1.165) is 24.3 Å². The second-order valence-electron chi connectivity index (χ2n) is 9.70. The van der Waals surface area contributed by atoms with E-state index in [1.54, 1.807) is 20.8 Å². The third-order valence-electron chi connectivity index (χ3n) is 5.93. The maximum atomic E-state index is 14.4. The maximum absolute atomic E-state index is 14.4. The Labute approximate surface area is 224 Å². The van der Waals surface area contributed by atoms with E-state index in [1.807, 2.05) is 0 Å². The molecule has 0 spiro atoms. The fourth-order valence-corrected chi connectivity index (χ4v) is 4.75. The van der Waals surface area contributed by atoms with Gasteiger partial charge in [0.2, 0.25) is 0 Å². The van der Waals surface area contributed by atoms with Crippen LogP contribution in [-0.4, -0.2) is 31.0 Å². The first-order chi connectivity index (χ1) is 16.8. The van der Waals surface area contributed by atoms with Crippen molar-refractivity contribution in [2.75, 3.05) is 18.0 Å². The number of rotatable bonds is 4. The molecule has 0 bridgehead atoms. The van der Waals surface area contributed by atoms with E-state index in [0.29, 0.717) is 0 Å². The molecule has 2 aromatic carbocycles. The minimum Gasteiger partial charge on any atom is -0.444 e. The molecule has 204 valence electrons. The predicted molar refractivity (Wildman–Crippen MR) is 131 cm³/mol. The number of nitrogens with zero attached hydrogens (tertiary/aromatic N) is 1. The number of nitrogens with one attached hydrogen (secondary N) is 1. The summed E-state index contributed by atoms with van der Waals surface area (Å²) in [5.41, 5.74) is -4.90. The highest BCUT2D eigenvalue weighted by Crippen LogP contribution is 2.50. The molecule has 4 nitrogen and oxygen atoms in total. The molecule has 37 heavy (non-hydrogen) atoms. The predicted octanol–water partition coefficient (Wildman–Crippen LogP) is 8.40. The van der Waals surface area contributed by atoms with Crippen LogP contribution in [0.5, 0.6) is 0 Å². The molecule has 0 aromatic heterocycles. The lowest BCUT2D eigenvalue weighted by Gasteiger charge is -2.33. The Balaban J connectivity index is 1.93. The van der Waals surface area contributed by atoms with Gasteiger partial charge in [-0.15, -0.1) is 0 Å². The largest absolute Gasteiger partial charge is 0.444 e. The lowest BCUT2D eigenvalue weighted by Crippen LogP contribution is -2.45. The Kier molecular flexibility index (Phi) is 8.19. The van der Waals surface area contributed by atoms with Crippen LogP contribution in [0.1, 0.15) is 43.9 Å². The van der Waals surface area contributed by atoms with Crippen molar-refractivity contribution in [2.24, 2.45) is 0 Å². The summed E-state index contributed by atoms with van der Waals surface area (Å²) >= 11 is 17.9. The van der Waals surface area contributed by atoms with E-state index in [-0.39, 0.29) is 38.4 Å². The van der Waals surface area contributed by atoms with Gasteiger partial charge >= 0.3 is 18.4 Å². The number of alkyl halides is 6. The lowest BCUT2D eigenvalue weighted by atomic mass is 9.79. The van der Waals surface area contributed by atoms with Crippen molar-refractivity contribution in [3.8, 4) is 0 Å². The molecule has 0 aliphatic carbocycles. The molecule has 3 rings (SSSR count). The van der Waals surface area contributed by atoms with Gasteiger partial charge in [0.15, 0.2) is 0 Å². The molecule has 1 fully saturated rings. The second kappa shape index (κ2) is 10.3. The molecule has 1 aliphatic heterocycles. The van der Waals surface area contributed by atoms with E-state index >= 15 is 0 Å². The summed E-state index contributed by atoms with van der Waals surface area (Å²) in [6, 6.07) is 5.35. The summed E-state index contributed by atoms with van der Waals surface area (Å²) < 4.78 is 89.8. The van der Waals surface area contributed by atoms with Crippen LogP contribution < -0.4 is 10.2 Å². The van der Waals surface area contributed by atoms with E-state index in [2.05, 4.69) is 5.32 Å². The Hall–Kier alpha value is -2.04. The molecule has 0 saturated carbocycles. The molecule has 1 amide bonds. The third kappa shape index (κ3) is 6.52. The van der Waals surface area contributed by atoms with Crippen molar-refractivity contribution in [3.05, 3.63) is 62.1 Å².